The van der Waals surface area contributed by atoms with E-state index < -0.39 is 0 Å². The van der Waals surface area contributed by atoms with Gasteiger partial charge in [-0.2, -0.15) is 0 Å². The first kappa shape index (κ1) is 20.7. The fraction of sp³-hybridized carbons (Fsp3) is 0.308. The summed E-state index contributed by atoms with van der Waals surface area (Å²) < 4.78 is 21.8. The fourth-order valence-electron chi connectivity index (χ4n) is 4.19. The van der Waals surface area contributed by atoms with Crippen LogP contribution in [0.1, 0.15) is 22.3 Å². The van der Waals surface area contributed by atoms with E-state index in [0.29, 0.717) is 13.6 Å². The lowest BCUT2D eigenvalue weighted by atomic mass is 10.1. The van der Waals surface area contributed by atoms with Crippen molar-refractivity contribution >= 4 is 0 Å². The zero-order valence-electron chi connectivity index (χ0n) is 18.5. The zero-order chi connectivity index (χ0) is 21.9. The highest BCUT2D eigenvalue weighted by Gasteiger charge is 2.15. The van der Waals surface area contributed by atoms with Crippen molar-refractivity contribution in [1.29, 1.82) is 0 Å². The van der Waals surface area contributed by atoms with Crippen LogP contribution in [0.25, 0.3) is 0 Å². The smallest absolute Gasteiger partial charge is 0.231 e. The Kier molecular flexibility index (Phi) is 5.88. The molecule has 0 unspecified atom stereocenters. The second-order valence-electron chi connectivity index (χ2n) is 8.54. The predicted octanol–water partition coefficient (Wildman–Crippen LogP) is 4.41. The van der Waals surface area contributed by atoms with Crippen molar-refractivity contribution in [3.05, 3.63) is 82.9 Å². The van der Waals surface area contributed by atoms with Crippen LogP contribution in [0.2, 0.25) is 0 Å². The summed E-state index contributed by atoms with van der Waals surface area (Å²) >= 11 is 0. The quantitative estimate of drug-likeness (QED) is 0.525. The summed E-state index contributed by atoms with van der Waals surface area (Å²) in [6.07, 6.45) is 0. The molecule has 0 bridgehead atoms. The van der Waals surface area contributed by atoms with Crippen LogP contribution in [0.5, 0.6) is 23.0 Å². The van der Waals surface area contributed by atoms with Crippen molar-refractivity contribution in [2.45, 2.75) is 26.2 Å². The number of fused-ring (bicyclic) bond motifs is 2. The predicted molar refractivity (Wildman–Crippen MR) is 122 cm³/mol. The number of hydrogen-bond donors (Lipinski definition) is 0. The molecule has 0 saturated heterocycles. The zero-order valence-corrected chi connectivity index (χ0v) is 18.5. The van der Waals surface area contributed by atoms with Gasteiger partial charge in [0.05, 0.1) is 0 Å². The topological polar surface area (TPSA) is 43.4 Å². The Labute approximate surface area is 188 Å². The molecular formula is C26H28N2O4. The maximum absolute atomic E-state index is 5.48. The number of ether oxygens (including phenoxy) is 4. The SMILES string of the molecule is CN(Cc1ccc(CN(C)Cc2ccc3c(c2)OCO3)cc1)Cc1ccc2c(c1)OCO2. The third-order valence-corrected chi connectivity index (χ3v) is 5.71. The lowest BCUT2D eigenvalue weighted by molar-refractivity contribution is 0.173. The Morgan fingerprint density at radius 3 is 1.28 bits per heavy atom. The van der Waals surface area contributed by atoms with Gasteiger partial charge in [-0.05, 0) is 60.6 Å². The Morgan fingerprint density at radius 2 is 0.844 bits per heavy atom. The fourth-order valence-corrected chi connectivity index (χ4v) is 4.19. The molecule has 0 amide bonds. The standard InChI is InChI=1S/C26H28N2O4/c1-27(15-21-7-9-23-25(11-21)31-17-29-23)13-19-3-5-20(6-4-19)14-28(2)16-22-8-10-24-26(12-22)32-18-30-24/h3-12H,13-18H2,1-2H3. The van der Waals surface area contributed by atoms with Gasteiger partial charge in [-0.1, -0.05) is 36.4 Å². The minimum absolute atomic E-state index is 0.312. The van der Waals surface area contributed by atoms with Crippen LogP contribution >= 0.6 is 0 Å². The molecule has 0 aromatic heterocycles. The summed E-state index contributed by atoms with van der Waals surface area (Å²) in [5.41, 5.74) is 5.04. The van der Waals surface area contributed by atoms with E-state index in [-0.39, 0.29) is 0 Å². The molecule has 0 spiro atoms. The first-order chi connectivity index (χ1) is 15.6. The summed E-state index contributed by atoms with van der Waals surface area (Å²) in [5.74, 6) is 3.33. The van der Waals surface area contributed by atoms with Gasteiger partial charge in [-0.25, -0.2) is 0 Å². The number of rotatable bonds is 8. The third kappa shape index (κ3) is 4.82. The van der Waals surface area contributed by atoms with Crippen molar-refractivity contribution in [3.8, 4) is 23.0 Å². The van der Waals surface area contributed by atoms with Crippen molar-refractivity contribution in [2.75, 3.05) is 27.7 Å². The molecular weight excluding hydrogens is 404 g/mol. The summed E-state index contributed by atoms with van der Waals surface area (Å²) in [6.45, 7) is 4.12. The van der Waals surface area contributed by atoms with E-state index in [0.717, 1.165) is 49.2 Å². The molecule has 5 rings (SSSR count). The molecule has 0 fully saturated rings. The Bertz CT molecular complexity index is 997. The van der Waals surface area contributed by atoms with Crippen LogP contribution in [0, 0.1) is 0 Å². The molecule has 2 heterocycles. The minimum atomic E-state index is 0.312. The van der Waals surface area contributed by atoms with E-state index in [1.165, 1.54) is 22.3 Å². The van der Waals surface area contributed by atoms with E-state index in [1.807, 2.05) is 12.1 Å². The van der Waals surface area contributed by atoms with Gasteiger partial charge < -0.3 is 18.9 Å². The van der Waals surface area contributed by atoms with E-state index in [9.17, 15) is 0 Å². The molecule has 3 aromatic carbocycles. The Hall–Kier alpha value is -3.22. The molecule has 0 N–H and O–H groups in total. The third-order valence-electron chi connectivity index (χ3n) is 5.71. The first-order valence-electron chi connectivity index (χ1n) is 10.8. The van der Waals surface area contributed by atoms with Crippen molar-refractivity contribution in [1.82, 2.24) is 9.80 Å². The summed E-state index contributed by atoms with van der Waals surface area (Å²) in [5, 5.41) is 0. The molecule has 0 atom stereocenters. The molecule has 3 aromatic rings. The number of hydrogen-bond acceptors (Lipinski definition) is 6. The average Bonchev–Trinajstić information content (AvgIpc) is 3.43. The second kappa shape index (κ2) is 9.10. The highest BCUT2D eigenvalue weighted by molar-refractivity contribution is 5.45. The summed E-state index contributed by atoms with van der Waals surface area (Å²) in [6, 6.07) is 21.2. The number of nitrogens with zero attached hydrogens (tertiary/aromatic N) is 2. The van der Waals surface area contributed by atoms with Gasteiger partial charge in [0.15, 0.2) is 23.0 Å². The molecule has 2 aliphatic rings. The molecule has 0 saturated carbocycles. The molecule has 32 heavy (non-hydrogen) atoms. The van der Waals surface area contributed by atoms with Crippen LogP contribution in [-0.4, -0.2) is 37.5 Å². The summed E-state index contributed by atoms with van der Waals surface area (Å²) in [7, 11) is 4.27. The maximum Gasteiger partial charge on any atom is 0.231 e. The van der Waals surface area contributed by atoms with Crippen molar-refractivity contribution in [2.24, 2.45) is 0 Å². The van der Waals surface area contributed by atoms with Crippen LogP contribution < -0.4 is 18.9 Å². The van der Waals surface area contributed by atoms with Gasteiger partial charge in [0, 0.05) is 26.2 Å². The largest absolute Gasteiger partial charge is 0.454 e. The van der Waals surface area contributed by atoms with Gasteiger partial charge in [-0.3, -0.25) is 9.80 Å². The molecule has 6 heteroatoms. The lowest BCUT2D eigenvalue weighted by Gasteiger charge is -2.19. The molecule has 0 aliphatic carbocycles. The average molecular weight is 433 g/mol. The molecule has 166 valence electrons. The van der Waals surface area contributed by atoms with Gasteiger partial charge in [-0.15, -0.1) is 0 Å². The minimum Gasteiger partial charge on any atom is -0.454 e. The van der Waals surface area contributed by atoms with Crippen molar-refractivity contribution in [3.63, 3.8) is 0 Å². The van der Waals surface area contributed by atoms with E-state index >= 15 is 0 Å². The molecule has 6 nitrogen and oxygen atoms in total. The highest BCUT2D eigenvalue weighted by atomic mass is 16.7. The molecule has 0 radical (unpaired) electrons. The number of benzene rings is 3. The first-order valence-corrected chi connectivity index (χ1v) is 10.8. The Morgan fingerprint density at radius 1 is 0.500 bits per heavy atom. The normalized spacial score (nSPS) is 13.9. The Balaban J connectivity index is 1.12. The van der Waals surface area contributed by atoms with Crippen molar-refractivity contribution < 1.29 is 18.9 Å². The van der Waals surface area contributed by atoms with Gasteiger partial charge >= 0.3 is 0 Å². The second-order valence-corrected chi connectivity index (χ2v) is 8.54. The van der Waals surface area contributed by atoms with Crippen LogP contribution in [-0.2, 0) is 26.2 Å². The van der Waals surface area contributed by atoms with E-state index in [1.54, 1.807) is 0 Å². The lowest BCUT2D eigenvalue weighted by Crippen LogP contribution is -2.18. The van der Waals surface area contributed by atoms with Crippen LogP contribution in [0.3, 0.4) is 0 Å². The van der Waals surface area contributed by atoms with Crippen LogP contribution in [0.4, 0.5) is 0 Å². The monoisotopic (exact) mass is 432 g/mol. The maximum atomic E-state index is 5.48. The summed E-state index contributed by atoms with van der Waals surface area (Å²) in [4.78, 5) is 4.61. The molecule has 2 aliphatic heterocycles. The van der Waals surface area contributed by atoms with E-state index in [2.05, 4.69) is 72.4 Å². The van der Waals surface area contributed by atoms with Gasteiger partial charge in [0.2, 0.25) is 13.6 Å². The highest BCUT2D eigenvalue weighted by Crippen LogP contribution is 2.33. The van der Waals surface area contributed by atoms with Crippen LogP contribution in [0.15, 0.2) is 60.7 Å². The van der Waals surface area contributed by atoms with Gasteiger partial charge in [0.1, 0.15) is 0 Å². The van der Waals surface area contributed by atoms with E-state index in [4.69, 9.17) is 18.9 Å². The van der Waals surface area contributed by atoms with Gasteiger partial charge in [0.25, 0.3) is 0 Å².